The van der Waals surface area contributed by atoms with Gasteiger partial charge in [-0.2, -0.15) is 4.98 Å². The monoisotopic (exact) mass is 327 g/mol. The average Bonchev–Trinajstić information content (AvgIpc) is 3.38. The lowest BCUT2D eigenvalue weighted by Gasteiger charge is -2.33. The lowest BCUT2D eigenvalue weighted by molar-refractivity contribution is -0.137. The van der Waals surface area contributed by atoms with Gasteiger partial charge in [-0.15, -0.1) is 0 Å². The Morgan fingerprint density at radius 1 is 1.29 bits per heavy atom. The molecule has 2 fully saturated rings. The number of rotatable bonds is 4. The molecule has 2 heterocycles. The van der Waals surface area contributed by atoms with Crippen LogP contribution in [0.15, 0.2) is 28.8 Å². The number of piperidine rings is 1. The fourth-order valence-electron chi connectivity index (χ4n) is 3.27. The van der Waals surface area contributed by atoms with Crippen molar-refractivity contribution in [3.8, 4) is 17.1 Å². The molecule has 0 N–H and O–H groups in total. The van der Waals surface area contributed by atoms with E-state index in [9.17, 15) is 4.79 Å². The molecule has 0 bridgehead atoms. The lowest BCUT2D eigenvalue weighted by Crippen LogP contribution is -2.39. The number of hydrogen-bond acceptors (Lipinski definition) is 5. The predicted molar refractivity (Wildman–Crippen MR) is 87.3 cm³/mol. The summed E-state index contributed by atoms with van der Waals surface area (Å²) < 4.78 is 10.8. The smallest absolute Gasteiger partial charge is 0.249 e. The summed E-state index contributed by atoms with van der Waals surface area (Å²) in [5, 5.41) is 4.11. The molecule has 1 amide bonds. The summed E-state index contributed by atoms with van der Waals surface area (Å²) in [6.45, 7) is 0.789. The third-order valence-electron chi connectivity index (χ3n) is 4.77. The Hall–Kier alpha value is -2.37. The highest BCUT2D eigenvalue weighted by atomic mass is 16.5. The van der Waals surface area contributed by atoms with E-state index >= 15 is 0 Å². The summed E-state index contributed by atoms with van der Waals surface area (Å²) in [6, 6.07) is 7.49. The summed E-state index contributed by atoms with van der Waals surface area (Å²) in [7, 11) is 1.63. The molecular weight excluding hydrogens is 306 g/mol. The van der Waals surface area contributed by atoms with Crippen molar-refractivity contribution in [3.05, 3.63) is 30.2 Å². The van der Waals surface area contributed by atoms with Crippen molar-refractivity contribution < 1.29 is 14.1 Å². The van der Waals surface area contributed by atoms with Crippen LogP contribution in [-0.4, -0.2) is 34.6 Å². The first kappa shape index (κ1) is 15.2. The van der Waals surface area contributed by atoms with Gasteiger partial charge in [0, 0.05) is 18.0 Å². The van der Waals surface area contributed by atoms with Crippen molar-refractivity contribution in [1.29, 1.82) is 0 Å². The van der Waals surface area contributed by atoms with Crippen LogP contribution < -0.4 is 4.74 Å². The van der Waals surface area contributed by atoms with Gasteiger partial charge in [-0.05, 0) is 44.2 Å². The van der Waals surface area contributed by atoms with Gasteiger partial charge in [0.15, 0.2) is 0 Å². The highest BCUT2D eigenvalue weighted by Crippen LogP contribution is 2.38. The molecule has 1 aromatic heterocycles. The fourth-order valence-corrected chi connectivity index (χ4v) is 3.27. The number of methoxy groups -OCH3 is 1. The maximum absolute atomic E-state index is 12.5. The number of carbonyl (C=O) groups excluding carboxylic acids is 1. The minimum absolute atomic E-state index is 0.0845. The number of amides is 1. The molecule has 2 aliphatic rings. The summed E-state index contributed by atoms with van der Waals surface area (Å²) >= 11 is 0. The van der Waals surface area contributed by atoms with Gasteiger partial charge in [0.25, 0.3) is 0 Å². The van der Waals surface area contributed by atoms with Crippen LogP contribution in [-0.2, 0) is 4.79 Å². The van der Waals surface area contributed by atoms with E-state index < -0.39 is 0 Å². The van der Waals surface area contributed by atoms with Crippen molar-refractivity contribution in [3.63, 3.8) is 0 Å². The second-order valence-electron chi connectivity index (χ2n) is 6.51. The Morgan fingerprint density at radius 2 is 2.17 bits per heavy atom. The molecule has 0 spiro atoms. The molecule has 1 aliphatic carbocycles. The van der Waals surface area contributed by atoms with E-state index in [0.29, 0.717) is 11.7 Å². The molecule has 0 unspecified atom stereocenters. The van der Waals surface area contributed by atoms with Gasteiger partial charge in [-0.25, -0.2) is 0 Å². The Bertz CT molecular complexity index is 739. The number of ether oxygens (including phenoxy) is 1. The van der Waals surface area contributed by atoms with Crippen LogP contribution >= 0.6 is 0 Å². The summed E-state index contributed by atoms with van der Waals surface area (Å²) in [6.07, 6.45) is 5.04. The zero-order valence-electron chi connectivity index (χ0n) is 13.8. The minimum Gasteiger partial charge on any atom is -0.497 e. The van der Waals surface area contributed by atoms with E-state index in [2.05, 4.69) is 10.1 Å². The molecular formula is C18H21N3O3. The zero-order valence-corrected chi connectivity index (χ0v) is 13.8. The third-order valence-corrected chi connectivity index (χ3v) is 4.77. The standard InChI is InChI=1S/C18H21N3O3/c1-23-14-6-4-5-13(11-14)16-19-17(24-20-16)15-7-2-3-10-21(15)18(22)12-8-9-12/h4-6,11-12,15H,2-3,7-10H2,1H3/t15-/m0/s1. The Labute approximate surface area is 140 Å². The Kier molecular flexibility index (Phi) is 3.96. The molecule has 0 radical (unpaired) electrons. The van der Waals surface area contributed by atoms with Gasteiger partial charge in [0.05, 0.1) is 7.11 Å². The summed E-state index contributed by atoms with van der Waals surface area (Å²) in [4.78, 5) is 19.0. The van der Waals surface area contributed by atoms with Gasteiger partial charge < -0.3 is 14.2 Å². The van der Waals surface area contributed by atoms with Gasteiger partial charge in [0.2, 0.25) is 17.6 Å². The molecule has 6 heteroatoms. The van der Waals surface area contributed by atoms with Gasteiger partial charge in [-0.3, -0.25) is 4.79 Å². The molecule has 1 aliphatic heterocycles. The molecule has 1 aromatic carbocycles. The lowest BCUT2D eigenvalue weighted by atomic mass is 10.0. The summed E-state index contributed by atoms with van der Waals surface area (Å²) in [5.41, 5.74) is 0.847. The number of benzene rings is 1. The van der Waals surface area contributed by atoms with Crippen LogP contribution in [0.2, 0.25) is 0 Å². The predicted octanol–water partition coefficient (Wildman–Crippen LogP) is 3.21. The first-order valence-electron chi connectivity index (χ1n) is 8.55. The fraction of sp³-hybridized carbons (Fsp3) is 0.500. The molecule has 2 aromatic rings. The normalized spacial score (nSPS) is 20.9. The van der Waals surface area contributed by atoms with Crippen LogP contribution in [0, 0.1) is 5.92 Å². The Morgan fingerprint density at radius 3 is 2.96 bits per heavy atom. The van der Waals surface area contributed by atoms with E-state index in [1.54, 1.807) is 7.11 Å². The molecule has 6 nitrogen and oxygen atoms in total. The van der Waals surface area contributed by atoms with Gasteiger partial charge in [0.1, 0.15) is 11.8 Å². The van der Waals surface area contributed by atoms with Crippen molar-refractivity contribution in [2.75, 3.05) is 13.7 Å². The number of likely N-dealkylation sites (tertiary alicyclic amines) is 1. The van der Waals surface area contributed by atoms with Crippen molar-refractivity contribution in [1.82, 2.24) is 15.0 Å². The number of hydrogen-bond donors (Lipinski definition) is 0. The van der Waals surface area contributed by atoms with Crippen LogP contribution in [0.3, 0.4) is 0 Å². The largest absolute Gasteiger partial charge is 0.497 e. The topological polar surface area (TPSA) is 68.5 Å². The number of aromatic nitrogens is 2. The molecule has 24 heavy (non-hydrogen) atoms. The maximum Gasteiger partial charge on any atom is 0.249 e. The molecule has 126 valence electrons. The molecule has 1 saturated carbocycles. The van der Waals surface area contributed by atoms with E-state index in [1.807, 2.05) is 29.2 Å². The SMILES string of the molecule is COc1cccc(-c2noc([C@@H]3CCCCN3C(=O)C3CC3)n2)c1. The first-order valence-corrected chi connectivity index (χ1v) is 8.55. The highest BCUT2D eigenvalue weighted by Gasteiger charge is 2.39. The van der Waals surface area contributed by atoms with E-state index in [-0.39, 0.29) is 17.9 Å². The number of nitrogens with zero attached hydrogens (tertiary/aromatic N) is 3. The van der Waals surface area contributed by atoms with E-state index in [0.717, 1.165) is 50.0 Å². The van der Waals surface area contributed by atoms with Crippen LogP contribution in [0.1, 0.15) is 44.0 Å². The van der Waals surface area contributed by atoms with Crippen LogP contribution in [0.5, 0.6) is 5.75 Å². The van der Waals surface area contributed by atoms with Crippen molar-refractivity contribution in [2.24, 2.45) is 5.92 Å². The maximum atomic E-state index is 12.5. The Balaban J connectivity index is 1.59. The third kappa shape index (κ3) is 2.88. The molecule has 4 rings (SSSR count). The van der Waals surface area contributed by atoms with Crippen LogP contribution in [0.4, 0.5) is 0 Å². The average molecular weight is 327 g/mol. The van der Waals surface area contributed by atoms with Crippen molar-refractivity contribution in [2.45, 2.75) is 38.1 Å². The van der Waals surface area contributed by atoms with Gasteiger partial charge in [-0.1, -0.05) is 17.3 Å². The van der Waals surface area contributed by atoms with Gasteiger partial charge >= 0.3 is 0 Å². The van der Waals surface area contributed by atoms with E-state index in [1.165, 1.54) is 0 Å². The van der Waals surface area contributed by atoms with E-state index in [4.69, 9.17) is 9.26 Å². The first-order chi connectivity index (χ1) is 11.8. The quantitative estimate of drug-likeness (QED) is 0.862. The minimum atomic E-state index is -0.0845. The highest BCUT2D eigenvalue weighted by molar-refractivity contribution is 5.81. The molecule has 1 atom stereocenters. The van der Waals surface area contributed by atoms with Crippen LogP contribution in [0.25, 0.3) is 11.4 Å². The zero-order chi connectivity index (χ0) is 16.5. The number of carbonyl (C=O) groups is 1. The second-order valence-corrected chi connectivity index (χ2v) is 6.51. The van der Waals surface area contributed by atoms with Crippen molar-refractivity contribution >= 4 is 5.91 Å². The second kappa shape index (κ2) is 6.26. The summed E-state index contributed by atoms with van der Waals surface area (Å²) in [5.74, 6) is 2.30. The molecule has 1 saturated heterocycles.